The van der Waals surface area contributed by atoms with E-state index in [-0.39, 0.29) is 28.7 Å². The summed E-state index contributed by atoms with van der Waals surface area (Å²) in [6, 6.07) is 3.72. The molecule has 0 aliphatic rings. The highest BCUT2D eigenvalue weighted by atomic mass is 19.1. The predicted octanol–water partition coefficient (Wildman–Crippen LogP) is 3.58. The lowest BCUT2D eigenvalue weighted by Gasteiger charge is -2.17. The van der Waals surface area contributed by atoms with Crippen molar-refractivity contribution in [1.82, 2.24) is 25.3 Å². The van der Waals surface area contributed by atoms with Crippen LogP contribution in [-0.2, 0) is 4.74 Å². The molecule has 12 heteroatoms. The molecule has 36 heavy (non-hydrogen) atoms. The van der Waals surface area contributed by atoms with Gasteiger partial charge in [0.25, 0.3) is 5.91 Å². The van der Waals surface area contributed by atoms with Crippen LogP contribution in [-0.4, -0.2) is 64.1 Å². The first-order chi connectivity index (χ1) is 17.0. The number of carbonyl (C=O) groups excluding carboxylic acids is 1. The fraction of sp³-hybridized carbons (Fsp3) is 0.333. The fourth-order valence-corrected chi connectivity index (χ4v) is 2.92. The maximum Gasteiger partial charge on any atom is 0.256 e. The zero-order valence-corrected chi connectivity index (χ0v) is 20.8. The van der Waals surface area contributed by atoms with Crippen LogP contribution in [0.25, 0.3) is 11.0 Å². The first-order valence-electron chi connectivity index (χ1n) is 11.0. The second-order valence-electron chi connectivity index (χ2n) is 9.01. The van der Waals surface area contributed by atoms with Crippen molar-refractivity contribution in [3.05, 3.63) is 53.9 Å². The Balaban J connectivity index is 1.86. The molecule has 0 aliphatic heterocycles. The Morgan fingerprint density at radius 1 is 1.28 bits per heavy atom. The van der Waals surface area contributed by atoms with Crippen LogP contribution in [0.15, 0.2) is 42.6 Å². The average Bonchev–Trinajstić information content (AvgIpc) is 2.83. The number of hydrogen-bond acceptors (Lipinski definition) is 10. The summed E-state index contributed by atoms with van der Waals surface area (Å²) < 4.78 is 19.7. The van der Waals surface area contributed by atoms with Gasteiger partial charge in [0.15, 0.2) is 5.82 Å². The van der Waals surface area contributed by atoms with Crippen LogP contribution in [0.4, 0.5) is 21.8 Å². The molecule has 0 saturated carbocycles. The van der Waals surface area contributed by atoms with Crippen LogP contribution in [0.2, 0.25) is 0 Å². The minimum absolute atomic E-state index is 0.0184. The number of aliphatic hydroxyl groups excluding tert-OH is 1. The number of allylic oxidation sites excluding steroid dienone is 1. The third kappa shape index (κ3) is 6.48. The summed E-state index contributed by atoms with van der Waals surface area (Å²) in [5.74, 6) is -0.973. The van der Waals surface area contributed by atoms with Crippen molar-refractivity contribution in [2.45, 2.75) is 20.8 Å². The van der Waals surface area contributed by atoms with Crippen molar-refractivity contribution in [3.63, 3.8) is 0 Å². The maximum absolute atomic E-state index is 14.7. The van der Waals surface area contributed by atoms with Gasteiger partial charge in [0.2, 0.25) is 5.95 Å². The highest BCUT2D eigenvalue weighted by Gasteiger charge is 2.18. The number of methoxy groups -OCH3 is 1. The third-order valence-electron chi connectivity index (χ3n) is 5.12. The molecule has 2 heterocycles. The molecule has 0 fully saturated rings. The lowest BCUT2D eigenvalue weighted by atomic mass is 9.93. The average molecular weight is 497 g/mol. The van der Waals surface area contributed by atoms with E-state index in [1.54, 1.807) is 39.0 Å². The number of amidine groups is 1. The lowest BCUT2D eigenvalue weighted by molar-refractivity contribution is 0.0977. The van der Waals surface area contributed by atoms with Crippen molar-refractivity contribution in [2.24, 2.45) is 5.41 Å². The second-order valence-corrected chi connectivity index (χ2v) is 9.01. The number of aliphatic hydroxyl groups is 1. The summed E-state index contributed by atoms with van der Waals surface area (Å²) in [6.45, 7) is 6.36. The van der Waals surface area contributed by atoms with Crippen LogP contribution in [0.3, 0.4) is 0 Å². The van der Waals surface area contributed by atoms with Gasteiger partial charge in [0.05, 0.1) is 18.5 Å². The van der Waals surface area contributed by atoms with Crippen LogP contribution in [0.5, 0.6) is 0 Å². The largest absolute Gasteiger partial charge is 0.512 e. The Kier molecular flexibility index (Phi) is 8.10. The van der Waals surface area contributed by atoms with Gasteiger partial charge >= 0.3 is 0 Å². The van der Waals surface area contributed by atoms with Gasteiger partial charge in [-0.05, 0) is 18.2 Å². The van der Waals surface area contributed by atoms with Crippen molar-refractivity contribution < 1.29 is 19.0 Å². The van der Waals surface area contributed by atoms with E-state index in [2.05, 4.69) is 30.6 Å². The number of aromatic nitrogens is 4. The molecule has 3 aromatic rings. The van der Waals surface area contributed by atoms with Crippen LogP contribution >= 0.6 is 0 Å². The number of halogens is 1. The highest BCUT2D eigenvalue weighted by molar-refractivity contribution is 6.09. The van der Waals surface area contributed by atoms with Gasteiger partial charge in [-0.25, -0.2) is 24.3 Å². The summed E-state index contributed by atoms with van der Waals surface area (Å²) in [5, 5.41) is 23.2. The number of anilines is 3. The van der Waals surface area contributed by atoms with Crippen molar-refractivity contribution in [1.29, 1.82) is 5.41 Å². The molecule has 0 unspecified atom stereocenters. The van der Waals surface area contributed by atoms with E-state index >= 15 is 0 Å². The minimum Gasteiger partial charge on any atom is -0.512 e. The van der Waals surface area contributed by atoms with Gasteiger partial charge < -0.3 is 25.4 Å². The quantitative estimate of drug-likeness (QED) is 0.208. The molecule has 0 bridgehead atoms. The molecular weight excluding hydrogens is 467 g/mol. The number of benzene rings is 1. The highest BCUT2D eigenvalue weighted by Crippen LogP contribution is 2.25. The maximum atomic E-state index is 14.7. The van der Waals surface area contributed by atoms with Crippen LogP contribution in [0.1, 0.15) is 31.1 Å². The Morgan fingerprint density at radius 2 is 2.03 bits per heavy atom. The molecule has 190 valence electrons. The van der Waals surface area contributed by atoms with E-state index in [9.17, 15) is 14.3 Å². The molecule has 1 aromatic carbocycles. The Morgan fingerprint density at radius 3 is 2.72 bits per heavy atom. The van der Waals surface area contributed by atoms with E-state index in [1.807, 2.05) is 7.05 Å². The van der Waals surface area contributed by atoms with Gasteiger partial charge in [-0.15, -0.1) is 0 Å². The number of fused-ring (bicyclic) bond motifs is 1. The Labute approximate surface area is 208 Å². The number of carbonyl (C=O) groups is 1. The first-order valence-corrected chi connectivity index (χ1v) is 11.0. The third-order valence-corrected chi connectivity index (χ3v) is 5.12. The molecule has 1 amide bonds. The Bertz CT molecular complexity index is 1310. The van der Waals surface area contributed by atoms with Crippen LogP contribution in [0, 0.1) is 16.6 Å². The zero-order chi connectivity index (χ0) is 26.5. The van der Waals surface area contributed by atoms with Gasteiger partial charge in [-0.2, -0.15) is 0 Å². The first kappa shape index (κ1) is 26.4. The monoisotopic (exact) mass is 496 g/mol. The number of likely N-dealkylation sites (N-methyl/N-ethyl adjacent to an activating group) is 1. The predicted molar refractivity (Wildman–Crippen MR) is 135 cm³/mol. The molecule has 11 nitrogen and oxygen atoms in total. The number of nitrogens with one attached hydrogen (secondary N) is 3. The standard InChI is InChI=1S/C24H29FN8O3/c1-24(2,3)18(34)11-19(26)31-22(35)14-6-7-15(25)16(10-14)30-21-20-17(28-13-29-21)12-27-23(32-20)33(4)8-9-36-5/h6-7,10-13,34H,8-9H2,1-5H3,(H2,26,31,35)(H,28,29,30)/b18-11-. The van der Waals surface area contributed by atoms with Crippen LogP contribution < -0.4 is 15.5 Å². The minimum atomic E-state index is -0.641. The van der Waals surface area contributed by atoms with Crippen molar-refractivity contribution in [3.8, 4) is 0 Å². The number of nitrogens with zero attached hydrogens (tertiary/aromatic N) is 5. The van der Waals surface area contributed by atoms with E-state index in [0.717, 1.165) is 12.1 Å². The lowest BCUT2D eigenvalue weighted by Crippen LogP contribution is -2.29. The van der Waals surface area contributed by atoms with Gasteiger partial charge in [0, 0.05) is 37.8 Å². The second kappa shape index (κ2) is 11.0. The molecule has 0 saturated heterocycles. The SMILES string of the molecule is COCCN(C)c1ncc2ncnc(Nc3cc(C(=O)NC(=N)/C=C(\O)C(C)(C)C)ccc3F)c2n1. The van der Waals surface area contributed by atoms with E-state index < -0.39 is 17.1 Å². The normalized spacial score (nSPS) is 11.9. The van der Waals surface area contributed by atoms with Crippen molar-refractivity contribution >= 4 is 40.2 Å². The van der Waals surface area contributed by atoms with E-state index in [4.69, 9.17) is 10.1 Å². The topological polar surface area (TPSA) is 149 Å². The van der Waals surface area contributed by atoms with E-state index in [0.29, 0.717) is 30.1 Å². The molecule has 0 aliphatic carbocycles. The Hall–Kier alpha value is -4.19. The van der Waals surface area contributed by atoms with Gasteiger partial charge in [-0.1, -0.05) is 20.8 Å². The molecule has 4 N–H and O–H groups in total. The summed E-state index contributed by atoms with van der Waals surface area (Å²) in [7, 11) is 3.41. The smallest absolute Gasteiger partial charge is 0.256 e. The summed E-state index contributed by atoms with van der Waals surface area (Å²) in [4.78, 5) is 31.6. The number of rotatable bonds is 8. The molecular formula is C24H29FN8O3. The zero-order valence-electron chi connectivity index (χ0n) is 20.8. The summed E-state index contributed by atoms with van der Waals surface area (Å²) in [5.41, 5.74) is 0.317. The summed E-state index contributed by atoms with van der Waals surface area (Å²) in [6.07, 6.45) is 4.00. The number of ether oxygens (including phenoxy) is 1. The van der Waals surface area contributed by atoms with E-state index in [1.165, 1.54) is 18.5 Å². The fourth-order valence-electron chi connectivity index (χ4n) is 2.92. The molecule has 0 radical (unpaired) electrons. The number of amides is 1. The number of hydrogen-bond donors (Lipinski definition) is 4. The van der Waals surface area contributed by atoms with Crippen molar-refractivity contribution in [2.75, 3.05) is 37.5 Å². The molecule has 3 rings (SSSR count). The molecule has 0 spiro atoms. The molecule has 0 atom stereocenters. The van der Waals surface area contributed by atoms with Gasteiger partial charge in [0.1, 0.15) is 34.8 Å². The summed E-state index contributed by atoms with van der Waals surface area (Å²) >= 11 is 0. The molecule has 2 aromatic heterocycles. The van der Waals surface area contributed by atoms with Gasteiger partial charge in [-0.3, -0.25) is 10.2 Å².